The summed E-state index contributed by atoms with van der Waals surface area (Å²) in [6.07, 6.45) is 13.3. The number of hydrogen-bond donors (Lipinski definition) is 3. The van der Waals surface area contributed by atoms with Crippen LogP contribution in [0.1, 0.15) is 61.8 Å². The Balaban J connectivity index is 1.15. The van der Waals surface area contributed by atoms with Crippen molar-refractivity contribution in [2.75, 3.05) is 5.43 Å². The molecule has 1 amide bonds. The highest BCUT2D eigenvalue weighted by Crippen LogP contribution is 2.60. The number of carbonyl (C=O) groups is 1. The summed E-state index contributed by atoms with van der Waals surface area (Å²) in [5.41, 5.74) is 7.34. The van der Waals surface area contributed by atoms with Gasteiger partial charge in [-0.1, -0.05) is 0 Å². The van der Waals surface area contributed by atoms with Gasteiger partial charge in [0.25, 0.3) is 0 Å². The Morgan fingerprint density at radius 3 is 2.50 bits per heavy atom. The third-order valence-electron chi connectivity index (χ3n) is 7.79. The first-order valence-electron chi connectivity index (χ1n) is 11.2. The van der Waals surface area contributed by atoms with Gasteiger partial charge in [0.05, 0.1) is 10.8 Å². The third-order valence-corrected chi connectivity index (χ3v) is 9.20. The minimum atomic E-state index is -0.199. The molecule has 5 aliphatic carbocycles. The van der Waals surface area contributed by atoms with E-state index in [0.717, 1.165) is 65.9 Å². The van der Waals surface area contributed by atoms with Crippen LogP contribution in [0.3, 0.4) is 0 Å². The van der Waals surface area contributed by atoms with Crippen molar-refractivity contribution in [1.82, 2.24) is 20.7 Å². The SMILES string of the molecule is O=C(NC(=S)NNc1ncnc2sc3c(c12)CCCC3)C12CC3CC(CC(C3)C1)C2. The number of nitrogens with one attached hydrogen (secondary N) is 3. The Labute approximate surface area is 185 Å². The maximum absolute atomic E-state index is 13.2. The molecule has 5 aliphatic rings. The van der Waals surface area contributed by atoms with E-state index >= 15 is 0 Å². The van der Waals surface area contributed by atoms with E-state index in [1.807, 2.05) is 0 Å². The standard InChI is InChI=1S/C22H27N5OS2/c28-20(22-8-12-5-13(9-22)7-14(6-12)10-22)25-21(29)27-26-18-17-15-3-1-2-4-16(15)30-19(17)24-11-23-18/h11-14H,1-10H2,(H,23,24,26)(H2,25,27,28,29). The molecule has 6 nitrogen and oxygen atoms in total. The first kappa shape index (κ1) is 18.9. The van der Waals surface area contributed by atoms with E-state index in [-0.39, 0.29) is 11.3 Å². The molecule has 4 saturated carbocycles. The van der Waals surface area contributed by atoms with Crippen LogP contribution in [0.15, 0.2) is 6.33 Å². The van der Waals surface area contributed by atoms with Gasteiger partial charge in [-0.15, -0.1) is 11.3 Å². The molecule has 8 heteroatoms. The third kappa shape index (κ3) is 3.11. The maximum atomic E-state index is 13.2. The zero-order valence-electron chi connectivity index (χ0n) is 17.0. The normalized spacial score (nSPS) is 31.4. The number of thiocarbonyl (C=S) groups is 1. The summed E-state index contributed by atoms with van der Waals surface area (Å²) in [4.78, 5) is 24.5. The Kier molecular flexibility index (Phi) is 4.49. The summed E-state index contributed by atoms with van der Waals surface area (Å²) in [5.74, 6) is 3.06. The lowest BCUT2D eigenvalue weighted by atomic mass is 9.49. The van der Waals surface area contributed by atoms with E-state index in [1.54, 1.807) is 17.7 Å². The van der Waals surface area contributed by atoms with Crippen LogP contribution in [0.2, 0.25) is 0 Å². The topological polar surface area (TPSA) is 78.9 Å². The van der Waals surface area contributed by atoms with Crippen molar-refractivity contribution in [3.8, 4) is 0 Å². The lowest BCUT2D eigenvalue weighted by Crippen LogP contribution is -2.56. The van der Waals surface area contributed by atoms with Crippen LogP contribution < -0.4 is 16.2 Å². The van der Waals surface area contributed by atoms with Crippen molar-refractivity contribution in [3.63, 3.8) is 0 Å². The van der Waals surface area contributed by atoms with Gasteiger partial charge in [0.1, 0.15) is 11.2 Å². The fraction of sp³-hybridized carbons (Fsp3) is 0.636. The van der Waals surface area contributed by atoms with E-state index in [1.165, 1.54) is 42.5 Å². The molecule has 4 bridgehead atoms. The predicted molar refractivity (Wildman–Crippen MR) is 122 cm³/mol. The van der Waals surface area contributed by atoms with Gasteiger partial charge in [-0.25, -0.2) is 9.97 Å². The van der Waals surface area contributed by atoms with Gasteiger partial charge >= 0.3 is 0 Å². The average Bonchev–Trinajstić information content (AvgIpc) is 3.10. The van der Waals surface area contributed by atoms with Gasteiger partial charge in [-0.2, -0.15) is 0 Å². The van der Waals surface area contributed by atoms with Crippen molar-refractivity contribution in [2.24, 2.45) is 23.2 Å². The number of fused-ring (bicyclic) bond motifs is 3. The quantitative estimate of drug-likeness (QED) is 0.492. The molecule has 0 spiro atoms. The van der Waals surface area contributed by atoms with E-state index in [2.05, 4.69) is 26.1 Å². The van der Waals surface area contributed by atoms with E-state index in [4.69, 9.17) is 12.2 Å². The molecule has 4 fully saturated rings. The van der Waals surface area contributed by atoms with Crippen molar-refractivity contribution < 1.29 is 4.79 Å². The Hall–Kier alpha value is -1.80. The molecule has 158 valence electrons. The van der Waals surface area contributed by atoms with Crippen molar-refractivity contribution >= 4 is 50.6 Å². The smallest absolute Gasteiger partial charge is 0.232 e. The monoisotopic (exact) mass is 441 g/mol. The van der Waals surface area contributed by atoms with Gasteiger partial charge in [-0.3, -0.25) is 15.6 Å². The molecular weight excluding hydrogens is 414 g/mol. The number of hydrogen-bond acceptors (Lipinski definition) is 6. The second-order valence-electron chi connectivity index (χ2n) is 9.84. The summed E-state index contributed by atoms with van der Waals surface area (Å²) < 4.78 is 0. The van der Waals surface area contributed by atoms with Gasteiger partial charge in [-0.05, 0) is 99.7 Å². The van der Waals surface area contributed by atoms with Gasteiger partial charge in [0.15, 0.2) is 10.9 Å². The van der Waals surface area contributed by atoms with Crippen molar-refractivity contribution in [2.45, 2.75) is 64.2 Å². The van der Waals surface area contributed by atoms with Crippen LogP contribution in [0.4, 0.5) is 5.82 Å². The Morgan fingerprint density at radius 2 is 1.77 bits per heavy atom. The number of rotatable bonds is 3. The van der Waals surface area contributed by atoms with Crippen LogP contribution in [-0.2, 0) is 17.6 Å². The van der Waals surface area contributed by atoms with Gasteiger partial charge in [0, 0.05) is 4.88 Å². The number of anilines is 1. The van der Waals surface area contributed by atoms with Gasteiger partial charge in [0.2, 0.25) is 5.91 Å². The fourth-order valence-corrected chi connectivity index (χ4v) is 8.33. The molecular formula is C22H27N5OS2. The van der Waals surface area contributed by atoms with Crippen molar-refractivity contribution in [1.29, 1.82) is 0 Å². The molecule has 0 atom stereocenters. The number of aryl methyl sites for hydroxylation is 2. The van der Waals surface area contributed by atoms with E-state index < -0.39 is 0 Å². The molecule has 2 aromatic heterocycles. The first-order chi connectivity index (χ1) is 14.6. The molecule has 2 heterocycles. The lowest BCUT2D eigenvalue weighted by Gasteiger charge is -2.55. The van der Waals surface area contributed by atoms with Crippen LogP contribution in [0.5, 0.6) is 0 Å². The Morgan fingerprint density at radius 1 is 1.07 bits per heavy atom. The number of amides is 1. The molecule has 2 aromatic rings. The zero-order valence-corrected chi connectivity index (χ0v) is 18.6. The summed E-state index contributed by atoms with van der Waals surface area (Å²) in [5, 5.41) is 4.41. The van der Waals surface area contributed by atoms with Crippen LogP contribution in [0, 0.1) is 23.2 Å². The maximum Gasteiger partial charge on any atom is 0.232 e. The average molecular weight is 442 g/mol. The first-order valence-corrected chi connectivity index (χ1v) is 12.4. The highest BCUT2D eigenvalue weighted by atomic mass is 32.1. The molecule has 0 radical (unpaired) electrons. The molecule has 0 aromatic carbocycles. The van der Waals surface area contributed by atoms with Crippen LogP contribution >= 0.6 is 23.6 Å². The molecule has 30 heavy (non-hydrogen) atoms. The van der Waals surface area contributed by atoms with Crippen molar-refractivity contribution in [3.05, 3.63) is 16.8 Å². The molecule has 0 saturated heterocycles. The second-order valence-corrected chi connectivity index (χ2v) is 11.3. The number of nitrogens with zero attached hydrogens (tertiary/aromatic N) is 2. The lowest BCUT2D eigenvalue weighted by molar-refractivity contribution is -0.144. The summed E-state index contributed by atoms with van der Waals surface area (Å²) >= 11 is 7.23. The van der Waals surface area contributed by atoms with Gasteiger partial charge < -0.3 is 5.32 Å². The Bertz CT molecular complexity index is 997. The van der Waals surface area contributed by atoms with Crippen LogP contribution in [0.25, 0.3) is 10.2 Å². The number of carbonyl (C=O) groups excluding carboxylic acids is 1. The minimum absolute atomic E-state index is 0.113. The minimum Gasteiger partial charge on any atom is -0.301 e. The number of thiophene rings is 1. The molecule has 7 rings (SSSR count). The summed E-state index contributed by atoms with van der Waals surface area (Å²) in [7, 11) is 0. The van der Waals surface area contributed by atoms with Crippen LogP contribution in [-0.4, -0.2) is 21.0 Å². The predicted octanol–water partition coefficient (Wildman–Crippen LogP) is 4.10. The highest BCUT2D eigenvalue weighted by molar-refractivity contribution is 7.80. The zero-order chi connectivity index (χ0) is 20.3. The molecule has 0 aliphatic heterocycles. The fourth-order valence-electron chi connectivity index (χ4n) is 6.96. The summed E-state index contributed by atoms with van der Waals surface area (Å²) in [6.45, 7) is 0. The highest BCUT2D eigenvalue weighted by Gasteiger charge is 2.54. The van der Waals surface area contributed by atoms with E-state index in [0.29, 0.717) is 5.11 Å². The summed E-state index contributed by atoms with van der Waals surface area (Å²) in [6, 6.07) is 0. The largest absolute Gasteiger partial charge is 0.301 e. The van der Waals surface area contributed by atoms with E-state index in [9.17, 15) is 4.79 Å². The number of aromatic nitrogens is 2. The molecule has 0 unspecified atom stereocenters. The molecule has 3 N–H and O–H groups in total. The number of hydrazine groups is 1. The second kappa shape index (κ2) is 7.12.